The normalized spacial score (nSPS) is 31.6. The van der Waals surface area contributed by atoms with Crippen molar-refractivity contribution in [2.24, 2.45) is 5.92 Å². The Morgan fingerprint density at radius 1 is 1.45 bits per heavy atom. The van der Waals surface area contributed by atoms with Crippen LogP contribution in [0, 0.1) is 5.92 Å². The van der Waals surface area contributed by atoms with E-state index in [0.29, 0.717) is 0 Å². The largest absolute Gasteiger partial charge is 0.376 e. The average molecular weight is 154 g/mol. The highest BCUT2D eigenvalue weighted by molar-refractivity contribution is 6.47. The molecule has 1 aliphatic carbocycles. The lowest BCUT2D eigenvalue weighted by molar-refractivity contribution is -0.134. The number of ether oxygens (including phenoxy) is 1. The van der Waals surface area contributed by atoms with Gasteiger partial charge in [-0.2, -0.15) is 0 Å². The summed E-state index contributed by atoms with van der Waals surface area (Å²) in [6.07, 6.45) is -0.407. The molecule has 0 aromatic rings. The molecular weight excluding hydrogens is 144 g/mol. The number of ketones is 2. The molecule has 0 saturated heterocycles. The molecule has 0 heterocycles. The minimum absolute atomic E-state index is 0.282. The van der Waals surface area contributed by atoms with Crippen LogP contribution in [0.3, 0.4) is 0 Å². The minimum atomic E-state index is -0.482. The van der Waals surface area contributed by atoms with Crippen molar-refractivity contribution in [3.8, 4) is 0 Å². The van der Waals surface area contributed by atoms with Crippen molar-refractivity contribution < 1.29 is 14.3 Å². The molecule has 11 heavy (non-hydrogen) atoms. The van der Waals surface area contributed by atoms with E-state index >= 15 is 0 Å². The van der Waals surface area contributed by atoms with Crippen molar-refractivity contribution in [2.45, 2.75) is 13.0 Å². The van der Waals surface area contributed by atoms with Gasteiger partial charge in [-0.1, -0.05) is 13.5 Å². The molecule has 1 fully saturated rings. The number of hydrogen-bond donors (Lipinski definition) is 0. The van der Waals surface area contributed by atoms with Gasteiger partial charge in [0.25, 0.3) is 0 Å². The zero-order valence-corrected chi connectivity index (χ0v) is 6.59. The highest BCUT2D eigenvalue weighted by Crippen LogP contribution is 2.25. The van der Waals surface area contributed by atoms with E-state index in [1.54, 1.807) is 6.92 Å². The number of methoxy groups -OCH3 is 1. The van der Waals surface area contributed by atoms with Gasteiger partial charge in [0.05, 0.1) is 12.0 Å². The predicted octanol–water partition coefficient (Wildman–Crippen LogP) is 0.345. The van der Waals surface area contributed by atoms with Crippen LogP contribution in [0.25, 0.3) is 0 Å². The molecule has 0 spiro atoms. The average Bonchev–Trinajstić information content (AvgIpc) is 2.17. The SMILES string of the molecule is C=C1C(=O)C(=O)C(C)C1OC. The van der Waals surface area contributed by atoms with Crippen LogP contribution in [0.2, 0.25) is 0 Å². The molecule has 1 aliphatic rings. The lowest BCUT2D eigenvalue weighted by Crippen LogP contribution is -2.18. The number of Topliss-reactive ketones (excluding diaryl/α,β-unsaturated/α-hetero) is 2. The Morgan fingerprint density at radius 3 is 2.18 bits per heavy atom. The van der Waals surface area contributed by atoms with E-state index in [0.717, 1.165) is 0 Å². The van der Waals surface area contributed by atoms with Crippen LogP contribution < -0.4 is 0 Å². The second kappa shape index (κ2) is 2.58. The maximum atomic E-state index is 11.0. The number of hydrogen-bond acceptors (Lipinski definition) is 3. The van der Waals surface area contributed by atoms with Gasteiger partial charge in [0.1, 0.15) is 0 Å². The summed E-state index contributed by atoms with van der Waals surface area (Å²) >= 11 is 0. The van der Waals surface area contributed by atoms with Gasteiger partial charge in [0.15, 0.2) is 0 Å². The van der Waals surface area contributed by atoms with Gasteiger partial charge in [0, 0.05) is 12.7 Å². The van der Waals surface area contributed by atoms with Gasteiger partial charge < -0.3 is 4.74 Å². The van der Waals surface area contributed by atoms with Gasteiger partial charge in [0.2, 0.25) is 11.6 Å². The number of rotatable bonds is 1. The van der Waals surface area contributed by atoms with E-state index in [1.807, 2.05) is 0 Å². The standard InChI is InChI=1S/C8H10O3/c1-4-6(9)7(10)5(2)8(4)11-3/h5,8H,1H2,2-3H3. The molecule has 0 amide bonds. The molecule has 60 valence electrons. The molecular formula is C8H10O3. The molecule has 2 atom stereocenters. The van der Waals surface area contributed by atoms with Gasteiger partial charge in [-0.15, -0.1) is 0 Å². The van der Waals surface area contributed by atoms with Crippen LogP contribution in [0.15, 0.2) is 12.2 Å². The summed E-state index contributed by atoms with van der Waals surface area (Å²) in [5.41, 5.74) is 0.282. The minimum Gasteiger partial charge on any atom is -0.376 e. The van der Waals surface area contributed by atoms with E-state index in [4.69, 9.17) is 4.74 Å². The van der Waals surface area contributed by atoms with Gasteiger partial charge >= 0.3 is 0 Å². The Bertz CT molecular complexity index is 229. The van der Waals surface area contributed by atoms with E-state index in [9.17, 15) is 9.59 Å². The third-order valence-electron chi connectivity index (χ3n) is 1.98. The summed E-state index contributed by atoms with van der Waals surface area (Å²) in [5.74, 6) is -1.23. The number of carbonyl (C=O) groups is 2. The summed E-state index contributed by atoms with van der Waals surface area (Å²) in [6.45, 7) is 5.17. The summed E-state index contributed by atoms with van der Waals surface area (Å²) in [4.78, 5) is 22.0. The van der Waals surface area contributed by atoms with Crippen molar-refractivity contribution in [1.82, 2.24) is 0 Å². The molecule has 0 aromatic carbocycles. The Kier molecular flexibility index (Phi) is 1.91. The monoisotopic (exact) mass is 154 g/mol. The smallest absolute Gasteiger partial charge is 0.227 e. The summed E-state index contributed by atoms with van der Waals surface area (Å²) < 4.78 is 4.94. The van der Waals surface area contributed by atoms with Gasteiger partial charge in [-0.05, 0) is 0 Å². The molecule has 3 nitrogen and oxygen atoms in total. The quantitative estimate of drug-likeness (QED) is 0.404. The van der Waals surface area contributed by atoms with Crippen LogP contribution in [0.5, 0.6) is 0 Å². The highest BCUT2D eigenvalue weighted by Gasteiger charge is 2.41. The van der Waals surface area contributed by atoms with E-state index in [1.165, 1.54) is 7.11 Å². The molecule has 0 aromatic heterocycles. The number of carbonyl (C=O) groups excluding carboxylic acids is 2. The Hall–Kier alpha value is -0.960. The van der Waals surface area contributed by atoms with E-state index in [2.05, 4.69) is 6.58 Å². The van der Waals surface area contributed by atoms with Crippen molar-refractivity contribution in [3.05, 3.63) is 12.2 Å². The first-order valence-corrected chi connectivity index (χ1v) is 3.39. The fourth-order valence-corrected chi connectivity index (χ4v) is 1.28. The molecule has 0 bridgehead atoms. The fraction of sp³-hybridized carbons (Fsp3) is 0.500. The predicted molar refractivity (Wildman–Crippen MR) is 39.1 cm³/mol. The lowest BCUT2D eigenvalue weighted by atomic mass is 10.1. The first-order chi connectivity index (χ1) is 5.09. The van der Waals surface area contributed by atoms with Crippen LogP contribution >= 0.6 is 0 Å². The summed E-state index contributed by atoms with van der Waals surface area (Å²) in [7, 11) is 1.47. The molecule has 2 unspecified atom stereocenters. The Labute approximate surface area is 65.0 Å². The van der Waals surface area contributed by atoms with Crippen LogP contribution in [0.1, 0.15) is 6.92 Å². The maximum Gasteiger partial charge on any atom is 0.227 e. The van der Waals surface area contributed by atoms with Gasteiger partial charge in [-0.25, -0.2) is 0 Å². The maximum absolute atomic E-state index is 11.0. The lowest BCUT2D eigenvalue weighted by Gasteiger charge is -2.10. The van der Waals surface area contributed by atoms with Crippen molar-refractivity contribution in [2.75, 3.05) is 7.11 Å². The topological polar surface area (TPSA) is 43.4 Å². The Morgan fingerprint density at radius 2 is 2.00 bits per heavy atom. The zero-order chi connectivity index (χ0) is 8.59. The molecule has 1 rings (SSSR count). The van der Waals surface area contributed by atoms with Crippen molar-refractivity contribution in [1.29, 1.82) is 0 Å². The summed E-state index contributed by atoms with van der Waals surface area (Å²) in [5, 5.41) is 0. The first kappa shape index (κ1) is 8.14. The van der Waals surface area contributed by atoms with Crippen molar-refractivity contribution >= 4 is 11.6 Å². The van der Waals surface area contributed by atoms with E-state index < -0.39 is 11.9 Å². The fourth-order valence-electron chi connectivity index (χ4n) is 1.28. The molecule has 1 saturated carbocycles. The van der Waals surface area contributed by atoms with Gasteiger partial charge in [-0.3, -0.25) is 9.59 Å². The van der Waals surface area contributed by atoms with E-state index in [-0.39, 0.29) is 17.3 Å². The second-order valence-electron chi connectivity index (χ2n) is 2.66. The molecule has 3 heteroatoms. The molecule has 0 radical (unpaired) electrons. The van der Waals surface area contributed by atoms with Crippen molar-refractivity contribution in [3.63, 3.8) is 0 Å². The van der Waals surface area contributed by atoms with Crippen LogP contribution in [-0.2, 0) is 14.3 Å². The molecule has 0 N–H and O–H groups in total. The zero-order valence-electron chi connectivity index (χ0n) is 6.59. The first-order valence-electron chi connectivity index (χ1n) is 3.39. The third kappa shape index (κ3) is 1.01. The van der Waals surface area contributed by atoms with Crippen LogP contribution in [-0.4, -0.2) is 24.8 Å². The second-order valence-corrected chi connectivity index (χ2v) is 2.66. The molecule has 0 aliphatic heterocycles. The third-order valence-corrected chi connectivity index (χ3v) is 1.98. The highest BCUT2D eigenvalue weighted by atomic mass is 16.5. The Balaban J connectivity index is 2.95. The summed E-state index contributed by atoms with van der Waals surface area (Å²) in [6, 6.07) is 0. The van der Waals surface area contributed by atoms with Crippen LogP contribution in [0.4, 0.5) is 0 Å².